The molecule has 6 nitrogen and oxygen atoms in total. The molecule has 0 radical (unpaired) electrons. The summed E-state index contributed by atoms with van der Waals surface area (Å²) >= 11 is 5.94. The number of nitrogens with zero attached hydrogens (tertiary/aromatic N) is 1. The number of fused-ring (bicyclic) bond motifs is 1. The highest BCUT2D eigenvalue weighted by molar-refractivity contribution is 6.30. The number of hydrazone groups is 1. The molecule has 4 rings (SSSR count). The summed E-state index contributed by atoms with van der Waals surface area (Å²) in [5.74, 6) is 1.32. The van der Waals surface area contributed by atoms with E-state index in [1.54, 1.807) is 12.3 Å². The Bertz CT molecular complexity index is 1350. The Balaban J connectivity index is 1.45. The fraction of sp³-hybridized carbons (Fsp3) is 0.143. The van der Waals surface area contributed by atoms with Crippen molar-refractivity contribution in [1.82, 2.24) is 5.43 Å². The van der Waals surface area contributed by atoms with Gasteiger partial charge in [0.1, 0.15) is 12.4 Å². The lowest BCUT2D eigenvalue weighted by atomic mass is 10.1. The van der Waals surface area contributed by atoms with Crippen molar-refractivity contribution >= 4 is 34.5 Å². The number of ether oxygens (including phenoxy) is 3. The Morgan fingerprint density at radius 2 is 1.66 bits per heavy atom. The lowest BCUT2D eigenvalue weighted by Crippen LogP contribution is -2.18. The molecule has 0 spiro atoms. The molecule has 0 saturated heterocycles. The Morgan fingerprint density at radius 3 is 2.37 bits per heavy atom. The minimum Gasteiger partial charge on any atom is -0.496 e. The van der Waals surface area contributed by atoms with Crippen LogP contribution >= 0.6 is 11.6 Å². The van der Waals surface area contributed by atoms with E-state index >= 15 is 0 Å². The summed E-state index contributed by atoms with van der Waals surface area (Å²) in [5, 5.41) is 6.73. The van der Waals surface area contributed by atoms with Gasteiger partial charge < -0.3 is 14.2 Å². The molecule has 0 aliphatic rings. The van der Waals surface area contributed by atoms with Gasteiger partial charge in [-0.3, -0.25) is 4.79 Å². The number of hydrogen-bond acceptors (Lipinski definition) is 5. The van der Waals surface area contributed by atoms with E-state index in [2.05, 4.69) is 10.5 Å². The molecule has 0 aliphatic carbocycles. The number of benzene rings is 4. The van der Waals surface area contributed by atoms with Gasteiger partial charge in [0.25, 0.3) is 5.91 Å². The second kappa shape index (κ2) is 11.4. The molecular formula is C28H25ClN2O4. The molecule has 0 atom stereocenters. The van der Waals surface area contributed by atoms with Crippen LogP contribution in [0.4, 0.5) is 0 Å². The molecule has 4 aromatic carbocycles. The fourth-order valence-corrected chi connectivity index (χ4v) is 3.65. The van der Waals surface area contributed by atoms with Crippen molar-refractivity contribution in [3.8, 4) is 17.2 Å². The van der Waals surface area contributed by atoms with Crippen LogP contribution in [0.3, 0.4) is 0 Å². The Morgan fingerprint density at radius 1 is 0.914 bits per heavy atom. The summed E-state index contributed by atoms with van der Waals surface area (Å²) in [7, 11) is 1.54. The third-order valence-corrected chi connectivity index (χ3v) is 5.52. The molecule has 1 amide bonds. The summed E-state index contributed by atoms with van der Waals surface area (Å²) in [4.78, 5) is 12.8. The smallest absolute Gasteiger partial charge is 0.275 e. The normalized spacial score (nSPS) is 10.9. The number of carbonyl (C=O) groups is 1. The highest BCUT2D eigenvalue weighted by atomic mass is 35.5. The van der Waals surface area contributed by atoms with E-state index in [1.165, 1.54) is 7.11 Å². The second-order valence-electron chi connectivity index (χ2n) is 7.65. The molecule has 0 saturated carbocycles. The van der Waals surface area contributed by atoms with Crippen molar-refractivity contribution in [2.45, 2.75) is 13.5 Å². The number of amides is 1. The first kappa shape index (κ1) is 24.1. The number of hydrogen-bond donors (Lipinski definition) is 1. The van der Waals surface area contributed by atoms with Crippen LogP contribution in [-0.2, 0) is 6.61 Å². The molecule has 1 N–H and O–H groups in total. The Hall–Kier alpha value is -4.03. The van der Waals surface area contributed by atoms with E-state index in [0.29, 0.717) is 41.0 Å². The van der Waals surface area contributed by atoms with Gasteiger partial charge in [0.2, 0.25) is 0 Å². The lowest BCUT2D eigenvalue weighted by molar-refractivity contribution is 0.0952. The highest BCUT2D eigenvalue weighted by Gasteiger charge is 2.13. The molecule has 0 aromatic heterocycles. The van der Waals surface area contributed by atoms with Gasteiger partial charge in [0.05, 0.1) is 25.5 Å². The lowest BCUT2D eigenvalue weighted by Gasteiger charge is -2.13. The third-order valence-electron chi connectivity index (χ3n) is 5.27. The predicted molar refractivity (Wildman–Crippen MR) is 139 cm³/mol. The van der Waals surface area contributed by atoms with Crippen LogP contribution in [0.2, 0.25) is 5.02 Å². The van der Waals surface area contributed by atoms with E-state index in [-0.39, 0.29) is 5.91 Å². The number of rotatable bonds is 9. The minimum absolute atomic E-state index is 0.364. The van der Waals surface area contributed by atoms with Crippen LogP contribution in [0.1, 0.15) is 28.4 Å². The van der Waals surface area contributed by atoms with Gasteiger partial charge in [-0.05, 0) is 71.3 Å². The molecule has 178 valence electrons. The molecule has 0 aliphatic heterocycles. The standard InChI is InChI=1S/C28H25ClN2O4/c1-3-34-27-14-20(10-13-25(27)35-18-19-8-11-23(29)12-9-19)17-30-31-28(32)24-15-21-6-4-5-7-22(21)16-26(24)33-2/h4-17H,3,18H2,1-2H3,(H,31,32)/b30-17-. The van der Waals surface area contributed by atoms with Crippen molar-refractivity contribution in [2.75, 3.05) is 13.7 Å². The van der Waals surface area contributed by atoms with E-state index in [4.69, 9.17) is 25.8 Å². The largest absolute Gasteiger partial charge is 0.496 e. The van der Waals surface area contributed by atoms with Crippen LogP contribution in [0, 0.1) is 0 Å². The molecule has 0 fully saturated rings. The van der Waals surface area contributed by atoms with Crippen molar-refractivity contribution in [2.24, 2.45) is 5.10 Å². The van der Waals surface area contributed by atoms with Crippen LogP contribution < -0.4 is 19.6 Å². The average Bonchev–Trinajstić information content (AvgIpc) is 2.88. The van der Waals surface area contributed by atoms with Gasteiger partial charge in [-0.2, -0.15) is 5.10 Å². The van der Waals surface area contributed by atoms with Gasteiger partial charge in [0.15, 0.2) is 11.5 Å². The molecule has 0 bridgehead atoms. The van der Waals surface area contributed by atoms with E-state index in [0.717, 1.165) is 21.9 Å². The summed E-state index contributed by atoms with van der Waals surface area (Å²) in [6, 6.07) is 24.4. The molecule has 0 unspecified atom stereocenters. The maximum atomic E-state index is 12.8. The second-order valence-corrected chi connectivity index (χ2v) is 8.09. The maximum absolute atomic E-state index is 12.8. The third kappa shape index (κ3) is 6.11. The predicted octanol–water partition coefficient (Wildman–Crippen LogP) is 6.24. The van der Waals surface area contributed by atoms with Gasteiger partial charge in [-0.25, -0.2) is 5.43 Å². The fourth-order valence-electron chi connectivity index (χ4n) is 3.53. The first-order valence-corrected chi connectivity index (χ1v) is 11.5. The first-order valence-electron chi connectivity index (χ1n) is 11.1. The van der Waals surface area contributed by atoms with Gasteiger partial charge in [-0.1, -0.05) is 48.0 Å². The molecule has 7 heteroatoms. The van der Waals surface area contributed by atoms with Gasteiger partial charge in [-0.15, -0.1) is 0 Å². The molecule has 4 aromatic rings. The number of nitrogens with one attached hydrogen (secondary N) is 1. The van der Waals surface area contributed by atoms with Crippen LogP contribution in [0.15, 0.2) is 84.0 Å². The molecule has 0 heterocycles. The minimum atomic E-state index is -0.364. The van der Waals surface area contributed by atoms with Crippen LogP contribution in [0.25, 0.3) is 10.8 Å². The Kier molecular flexibility index (Phi) is 7.85. The molecule has 35 heavy (non-hydrogen) atoms. The SMILES string of the molecule is CCOc1cc(/C=N\NC(=O)c2cc3ccccc3cc2OC)ccc1OCc1ccc(Cl)cc1. The van der Waals surface area contributed by atoms with Crippen LogP contribution in [-0.4, -0.2) is 25.8 Å². The summed E-state index contributed by atoms with van der Waals surface area (Å²) in [6.45, 7) is 2.77. The number of halogens is 1. The summed E-state index contributed by atoms with van der Waals surface area (Å²) < 4.78 is 17.1. The quantitative estimate of drug-likeness (QED) is 0.223. The van der Waals surface area contributed by atoms with Crippen molar-refractivity contribution in [3.05, 3.63) is 101 Å². The number of carbonyl (C=O) groups excluding carboxylic acids is 1. The van der Waals surface area contributed by atoms with Gasteiger partial charge in [0, 0.05) is 5.02 Å². The average molecular weight is 489 g/mol. The molecular weight excluding hydrogens is 464 g/mol. The summed E-state index contributed by atoms with van der Waals surface area (Å²) in [5.41, 5.74) is 4.72. The first-order chi connectivity index (χ1) is 17.1. The zero-order valence-corrected chi connectivity index (χ0v) is 20.2. The number of methoxy groups -OCH3 is 1. The van der Waals surface area contributed by atoms with Gasteiger partial charge >= 0.3 is 0 Å². The zero-order valence-electron chi connectivity index (χ0n) is 19.5. The van der Waals surface area contributed by atoms with E-state index in [9.17, 15) is 4.79 Å². The highest BCUT2D eigenvalue weighted by Crippen LogP contribution is 2.29. The maximum Gasteiger partial charge on any atom is 0.275 e. The van der Waals surface area contributed by atoms with E-state index in [1.807, 2.05) is 79.7 Å². The van der Waals surface area contributed by atoms with Crippen molar-refractivity contribution in [1.29, 1.82) is 0 Å². The summed E-state index contributed by atoms with van der Waals surface area (Å²) in [6.07, 6.45) is 1.55. The topological polar surface area (TPSA) is 69.2 Å². The van der Waals surface area contributed by atoms with Crippen LogP contribution in [0.5, 0.6) is 17.2 Å². The Labute approximate surface area is 209 Å². The zero-order chi connectivity index (χ0) is 24.6. The monoisotopic (exact) mass is 488 g/mol. The van der Waals surface area contributed by atoms with Crippen molar-refractivity contribution < 1.29 is 19.0 Å². The van der Waals surface area contributed by atoms with Crippen molar-refractivity contribution in [3.63, 3.8) is 0 Å². The van der Waals surface area contributed by atoms with E-state index < -0.39 is 0 Å².